The van der Waals surface area contributed by atoms with E-state index in [0.29, 0.717) is 6.42 Å². The van der Waals surface area contributed by atoms with Crippen molar-refractivity contribution >= 4 is 30.3 Å². The average molecular weight is 359 g/mol. The first kappa shape index (κ1) is 19.0. The number of amides is 4. The van der Waals surface area contributed by atoms with Crippen molar-refractivity contribution in [3.05, 3.63) is 0 Å². The number of hydrogen-bond acceptors (Lipinski definition) is 4. The molecule has 0 aromatic rings. The third kappa shape index (κ3) is 3.52. The molecule has 0 bridgehead atoms. The summed E-state index contributed by atoms with van der Waals surface area (Å²) in [6.07, 6.45) is 5.57. The molecule has 2 aliphatic heterocycles. The molecule has 0 radical (unpaired) electrons. The predicted octanol–water partition coefficient (Wildman–Crippen LogP) is 0.777. The summed E-state index contributed by atoms with van der Waals surface area (Å²) in [7, 11) is 0. The van der Waals surface area contributed by atoms with E-state index < -0.39 is 11.6 Å². The number of carbonyl (C=O) groups is 3. The van der Waals surface area contributed by atoms with Crippen LogP contribution in [0.15, 0.2) is 0 Å². The SMILES string of the molecule is CC1CCCCC12NC(=O)N(CC(=O)NC1CCCNC1)C2=O.Cl. The molecule has 7 nitrogen and oxygen atoms in total. The highest BCUT2D eigenvalue weighted by atomic mass is 35.5. The molecule has 1 aliphatic carbocycles. The molecule has 1 spiro atoms. The van der Waals surface area contributed by atoms with Crippen LogP contribution < -0.4 is 16.0 Å². The van der Waals surface area contributed by atoms with Gasteiger partial charge in [-0.15, -0.1) is 12.4 Å². The van der Waals surface area contributed by atoms with Gasteiger partial charge in [-0.05, 0) is 38.1 Å². The molecule has 3 N–H and O–H groups in total. The summed E-state index contributed by atoms with van der Waals surface area (Å²) in [5.41, 5.74) is -0.790. The van der Waals surface area contributed by atoms with Crippen LogP contribution >= 0.6 is 12.4 Å². The molecule has 24 heavy (non-hydrogen) atoms. The maximum Gasteiger partial charge on any atom is 0.325 e. The molecule has 136 valence electrons. The lowest BCUT2D eigenvalue weighted by Gasteiger charge is -2.36. The van der Waals surface area contributed by atoms with Crippen molar-refractivity contribution in [2.24, 2.45) is 5.92 Å². The Kier molecular flexibility index (Phi) is 6.09. The summed E-state index contributed by atoms with van der Waals surface area (Å²) >= 11 is 0. The Morgan fingerprint density at radius 1 is 1.29 bits per heavy atom. The van der Waals surface area contributed by atoms with Crippen LogP contribution in [0, 0.1) is 5.92 Å². The molecule has 2 heterocycles. The number of hydrogen-bond donors (Lipinski definition) is 3. The lowest BCUT2D eigenvalue weighted by Crippen LogP contribution is -2.54. The zero-order valence-electron chi connectivity index (χ0n) is 14.1. The van der Waals surface area contributed by atoms with E-state index in [1.54, 1.807) is 0 Å². The maximum absolute atomic E-state index is 12.8. The van der Waals surface area contributed by atoms with Gasteiger partial charge in [0.05, 0.1) is 0 Å². The topological polar surface area (TPSA) is 90.5 Å². The monoisotopic (exact) mass is 358 g/mol. The van der Waals surface area contributed by atoms with Crippen LogP contribution in [0.3, 0.4) is 0 Å². The van der Waals surface area contributed by atoms with Gasteiger partial charge in [-0.2, -0.15) is 0 Å². The number of piperidine rings is 1. The third-order valence-corrected chi connectivity index (χ3v) is 5.47. The zero-order valence-corrected chi connectivity index (χ0v) is 14.9. The first-order valence-electron chi connectivity index (χ1n) is 8.67. The van der Waals surface area contributed by atoms with E-state index in [1.807, 2.05) is 6.92 Å². The smallest absolute Gasteiger partial charge is 0.325 e. The number of rotatable bonds is 3. The van der Waals surface area contributed by atoms with Crippen LogP contribution in [0.4, 0.5) is 4.79 Å². The molecular weight excluding hydrogens is 332 g/mol. The normalized spacial score (nSPS) is 33.1. The van der Waals surface area contributed by atoms with Crippen molar-refractivity contribution in [2.75, 3.05) is 19.6 Å². The number of nitrogens with one attached hydrogen (secondary N) is 3. The fourth-order valence-electron chi connectivity index (χ4n) is 4.03. The molecular formula is C16H27ClN4O3. The van der Waals surface area contributed by atoms with Gasteiger partial charge in [0.1, 0.15) is 12.1 Å². The van der Waals surface area contributed by atoms with Crippen LogP contribution in [-0.2, 0) is 9.59 Å². The van der Waals surface area contributed by atoms with Gasteiger partial charge in [-0.3, -0.25) is 14.5 Å². The Bertz CT molecular complexity index is 510. The van der Waals surface area contributed by atoms with E-state index in [1.165, 1.54) is 0 Å². The zero-order chi connectivity index (χ0) is 16.4. The van der Waals surface area contributed by atoms with E-state index in [0.717, 1.165) is 50.1 Å². The number of carbonyl (C=O) groups excluding carboxylic acids is 3. The molecule has 0 aromatic carbocycles. The second kappa shape index (κ2) is 7.70. The molecule has 8 heteroatoms. The number of halogens is 1. The van der Waals surface area contributed by atoms with Crippen molar-refractivity contribution in [2.45, 2.75) is 57.0 Å². The molecule has 4 amide bonds. The first-order valence-corrected chi connectivity index (χ1v) is 8.67. The minimum absolute atomic E-state index is 0. The van der Waals surface area contributed by atoms with Gasteiger partial charge in [0, 0.05) is 12.6 Å². The standard InChI is InChI=1S/C16H26N4O3.ClH/c1-11-5-2-3-7-16(11)14(22)20(15(23)19-16)10-13(21)18-12-6-4-8-17-9-12;/h11-12,17H,2-10H2,1H3,(H,18,21)(H,19,23);1H. The minimum atomic E-state index is -0.790. The Balaban J connectivity index is 0.00000208. The molecule has 0 aromatic heterocycles. The van der Waals surface area contributed by atoms with Gasteiger partial charge in [-0.1, -0.05) is 19.8 Å². The summed E-state index contributed by atoms with van der Waals surface area (Å²) < 4.78 is 0. The van der Waals surface area contributed by atoms with Crippen LogP contribution in [0.2, 0.25) is 0 Å². The van der Waals surface area contributed by atoms with E-state index in [2.05, 4.69) is 16.0 Å². The fourth-order valence-corrected chi connectivity index (χ4v) is 4.03. The van der Waals surface area contributed by atoms with E-state index in [4.69, 9.17) is 0 Å². The number of imide groups is 1. The van der Waals surface area contributed by atoms with E-state index in [-0.39, 0.29) is 42.7 Å². The summed E-state index contributed by atoms with van der Waals surface area (Å²) in [6, 6.07) is -0.347. The Hall–Kier alpha value is -1.34. The average Bonchev–Trinajstić information content (AvgIpc) is 2.76. The molecule has 3 unspecified atom stereocenters. The van der Waals surface area contributed by atoms with Crippen LogP contribution in [0.25, 0.3) is 0 Å². The molecule has 1 saturated carbocycles. The molecule has 3 atom stereocenters. The van der Waals surface area contributed by atoms with Gasteiger partial charge in [0.15, 0.2) is 0 Å². The van der Waals surface area contributed by atoms with E-state index in [9.17, 15) is 14.4 Å². The largest absolute Gasteiger partial charge is 0.351 e. The first-order chi connectivity index (χ1) is 11.0. The third-order valence-electron chi connectivity index (χ3n) is 5.47. The summed E-state index contributed by atoms with van der Waals surface area (Å²) in [5, 5.41) is 9.02. The van der Waals surface area contributed by atoms with Crippen molar-refractivity contribution in [3.63, 3.8) is 0 Å². The Labute approximate surface area is 148 Å². The van der Waals surface area contributed by atoms with Gasteiger partial charge < -0.3 is 16.0 Å². The van der Waals surface area contributed by atoms with Crippen LogP contribution in [0.5, 0.6) is 0 Å². The highest BCUT2D eigenvalue weighted by Gasteiger charge is 2.55. The lowest BCUT2D eigenvalue weighted by molar-refractivity contribution is -0.137. The van der Waals surface area contributed by atoms with Crippen molar-refractivity contribution < 1.29 is 14.4 Å². The fraction of sp³-hybridized carbons (Fsp3) is 0.812. The van der Waals surface area contributed by atoms with Gasteiger partial charge in [0.2, 0.25) is 5.91 Å². The maximum atomic E-state index is 12.8. The highest BCUT2D eigenvalue weighted by Crippen LogP contribution is 2.38. The predicted molar refractivity (Wildman–Crippen MR) is 91.9 cm³/mol. The van der Waals surface area contributed by atoms with Crippen LogP contribution in [-0.4, -0.2) is 54.0 Å². The lowest BCUT2D eigenvalue weighted by atomic mass is 9.73. The summed E-state index contributed by atoms with van der Waals surface area (Å²) in [6.45, 7) is 3.54. The molecule has 3 fully saturated rings. The van der Waals surface area contributed by atoms with Gasteiger partial charge in [0.25, 0.3) is 5.91 Å². The van der Waals surface area contributed by atoms with Crippen molar-refractivity contribution in [1.29, 1.82) is 0 Å². The van der Waals surface area contributed by atoms with E-state index >= 15 is 0 Å². The van der Waals surface area contributed by atoms with Gasteiger partial charge >= 0.3 is 6.03 Å². The summed E-state index contributed by atoms with van der Waals surface area (Å²) in [5.74, 6) is -0.377. The molecule has 3 aliphatic rings. The second-order valence-electron chi connectivity index (χ2n) is 7.05. The quantitative estimate of drug-likeness (QED) is 0.650. The van der Waals surface area contributed by atoms with Crippen molar-refractivity contribution in [3.8, 4) is 0 Å². The van der Waals surface area contributed by atoms with Crippen LogP contribution in [0.1, 0.15) is 45.4 Å². The highest BCUT2D eigenvalue weighted by molar-refractivity contribution is 6.09. The summed E-state index contributed by atoms with van der Waals surface area (Å²) in [4.78, 5) is 38.3. The number of nitrogens with zero attached hydrogens (tertiary/aromatic N) is 1. The van der Waals surface area contributed by atoms with Crippen molar-refractivity contribution in [1.82, 2.24) is 20.9 Å². The Morgan fingerprint density at radius 2 is 2.08 bits per heavy atom. The number of urea groups is 1. The Morgan fingerprint density at radius 3 is 2.75 bits per heavy atom. The second-order valence-corrected chi connectivity index (χ2v) is 7.05. The molecule has 3 rings (SSSR count). The van der Waals surface area contributed by atoms with Gasteiger partial charge in [-0.25, -0.2) is 4.79 Å². The minimum Gasteiger partial charge on any atom is -0.351 e. The molecule has 2 saturated heterocycles.